The maximum Gasteiger partial charge on any atom is 0.250 e. The molecule has 2 nitrogen and oxygen atoms in total. The van der Waals surface area contributed by atoms with Gasteiger partial charge in [0.25, 0.3) is 6.43 Å². The van der Waals surface area contributed by atoms with Crippen molar-refractivity contribution in [3.63, 3.8) is 0 Å². The molecule has 0 saturated heterocycles. The first-order valence-electron chi connectivity index (χ1n) is 5.77. The monoisotopic (exact) mass is 222 g/mol. The minimum Gasteiger partial charge on any atom is -0.329 e. The predicted molar refractivity (Wildman–Crippen MR) is 60.2 cm³/mol. The SMILES string of the molecule is CCCCCCC(C)(CN)NCC(F)F. The maximum absolute atomic E-state index is 12.0. The van der Waals surface area contributed by atoms with Crippen molar-refractivity contribution in [1.82, 2.24) is 5.32 Å². The van der Waals surface area contributed by atoms with E-state index in [4.69, 9.17) is 5.73 Å². The molecule has 0 aromatic carbocycles. The van der Waals surface area contributed by atoms with Crippen molar-refractivity contribution < 1.29 is 8.78 Å². The topological polar surface area (TPSA) is 38.0 Å². The quantitative estimate of drug-likeness (QED) is 0.588. The molecule has 4 heteroatoms. The lowest BCUT2D eigenvalue weighted by Gasteiger charge is -2.29. The molecule has 1 unspecified atom stereocenters. The predicted octanol–water partition coefficient (Wildman–Crippen LogP) is 2.53. The van der Waals surface area contributed by atoms with Crippen LogP contribution < -0.4 is 11.1 Å². The Balaban J connectivity index is 3.75. The van der Waals surface area contributed by atoms with Gasteiger partial charge in [0.05, 0.1) is 6.54 Å². The molecular formula is C11H24F2N2. The van der Waals surface area contributed by atoms with Crippen molar-refractivity contribution in [3.05, 3.63) is 0 Å². The largest absolute Gasteiger partial charge is 0.329 e. The van der Waals surface area contributed by atoms with E-state index in [2.05, 4.69) is 12.2 Å². The van der Waals surface area contributed by atoms with Gasteiger partial charge in [-0.05, 0) is 13.3 Å². The first kappa shape index (κ1) is 14.8. The van der Waals surface area contributed by atoms with Crippen LogP contribution in [0.15, 0.2) is 0 Å². The summed E-state index contributed by atoms with van der Waals surface area (Å²) in [6.45, 7) is 4.21. The highest BCUT2D eigenvalue weighted by Gasteiger charge is 2.22. The van der Waals surface area contributed by atoms with Crippen LogP contribution in [-0.2, 0) is 0 Å². The van der Waals surface area contributed by atoms with Gasteiger partial charge in [0.1, 0.15) is 0 Å². The van der Waals surface area contributed by atoms with E-state index in [1.54, 1.807) is 0 Å². The van der Waals surface area contributed by atoms with E-state index in [1.807, 2.05) is 6.92 Å². The molecule has 0 heterocycles. The van der Waals surface area contributed by atoms with Crippen LogP contribution >= 0.6 is 0 Å². The van der Waals surface area contributed by atoms with Crippen molar-refractivity contribution in [2.75, 3.05) is 13.1 Å². The molecule has 15 heavy (non-hydrogen) atoms. The van der Waals surface area contributed by atoms with Crippen LogP contribution in [0.5, 0.6) is 0 Å². The minimum atomic E-state index is -2.30. The standard InChI is InChI=1S/C11H24F2N2/c1-3-4-5-6-7-11(2,9-14)15-8-10(12)13/h10,15H,3-9,14H2,1-2H3. The zero-order chi connectivity index (χ0) is 11.7. The number of hydrogen-bond donors (Lipinski definition) is 2. The highest BCUT2D eigenvalue weighted by atomic mass is 19.3. The first-order valence-corrected chi connectivity index (χ1v) is 5.77. The Hall–Kier alpha value is -0.220. The van der Waals surface area contributed by atoms with Gasteiger partial charge in [-0.1, -0.05) is 32.6 Å². The summed E-state index contributed by atoms with van der Waals surface area (Å²) in [5.74, 6) is 0. The van der Waals surface area contributed by atoms with Gasteiger partial charge in [-0.25, -0.2) is 8.78 Å². The summed E-state index contributed by atoms with van der Waals surface area (Å²) in [6.07, 6.45) is 3.17. The number of unbranched alkanes of at least 4 members (excludes halogenated alkanes) is 3. The fraction of sp³-hybridized carbons (Fsp3) is 1.00. The lowest BCUT2D eigenvalue weighted by Crippen LogP contribution is -2.50. The average molecular weight is 222 g/mol. The summed E-state index contributed by atoms with van der Waals surface area (Å²) in [5, 5.41) is 2.85. The molecule has 0 amide bonds. The van der Waals surface area contributed by atoms with Crippen molar-refractivity contribution >= 4 is 0 Å². The van der Waals surface area contributed by atoms with Crippen molar-refractivity contribution in [1.29, 1.82) is 0 Å². The van der Waals surface area contributed by atoms with Gasteiger partial charge in [0.2, 0.25) is 0 Å². The number of hydrogen-bond acceptors (Lipinski definition) is 2. The molecule has 1 atom stereocenters. The van der Waals surface area contributed by atoms with Gasteiger partial charge in [-0.2, -0.15) is 0 Å². The van der Waals surface area contributed by atoms with Crippen molar-refractivity contribution in [3.8, 4) is 0 Å². The van der Waals surface area contributed by atoms with Crippen LogP contribution in [0.4, 0.5) is 8.78 Å². The second-order valence-electron chi connectivity index (χ2n) is 4.35. The Morgan fingerprint density at radius 3 is 2.40 bits per heavy atom. The van der Waals surface area contributed by atoms with E-state index in [0.717, 1.165) is 19.3 Å². The molecule has 0 saturated carbocycles. The summed E-state index contributed by atoms with van der Waals surface area (Å²) in [5.41, 5.74) is 5.27. The third kappa shape index (κ3) is 7.68. The smallest absolute Gasteiger partial charge is 0.250 e. The fourth-order valence-electron chi connectivity index (χ4n) is 1.53. The fourth-order valence-corrected chi connectivity index (χ4v) is 1.53. The van der Waals surface area contributed by atoms with E-state index in [1.165, 1.54) is 12.8 Å². The second-order valence-corrected chi connectivity index (χ2v) is 4.35. The highest BCUT2D eigenvalue weighted by Crippen LogP contribution is 2.14. The number of nitrogens with two attached hydrogens (primary N) is 1. The molecule has 92 valence electrons. The zero-order valence-corrected chi connectivity index (χ0v) is 9.86. The summed E-state index contributed by atoms with van der Waals surface area (Å²) >= 11 is 0. The van der Waals surface area contributed by atoms with Gasteiger partial charge >= 0.3 is 0 Å². The molecule has 0 radical (unpaired) electrons. The second kappa shape index (κ2) is 7.99. The normalized spacial score (nSPS) is 15.6. The summed E-state index contributed by atoms with van der Waals surface area (Å²) < 4.78 is 24.1. The Bertz CT molecular complexity index is 154. The van der Waals surface area contributed by atoms with Gasteiger partial charge in [0.15, 0.2) is 0 Å². The molecule has 0 aliphatic carbocycles. The lowest BCUT2D eigenvalue weighted by molar-refractivity contribution is 0.130. The van der Waals surface area contributed by atoms with Crippen LogP contribution in [0.25, 0.3) is 0 Å². The van der Waals surface area contributed by atoms with Crippen LogP contribution in [-0.4, -0.2) is 25.1 Å². The molecule has 0 aliphatic rings. The Morgan fingerprint density at radius 2 is 1.93 bits per heavy atom. The van der Waals surface area contributed by atoms with Gasteiger partial charge in [-0.3, -0.25) is 0 Å². The molecule has 0 spiro atoms. The third-order valence-electron chi connectivity index (χ3n) is 2.72. The van der Waals surface area contributed by atoms with Crippen LogP contribution in [0.2, 0.25) is 0 Å². The van der Waals surface area contributed by atoms with Crippen molar-refractivity contribution in [2.45, 2.75) is 57.9 Å². The Kier molecular flexibility index (Phi) is 7.88. The molecule has 3 N–H and O–H groups in total. The third-order valence-corrected chi connectivity index (χ3v) is 2.72. The van der Waals surface area contributed by atoms with Gasteiger partial charge in [0, 0.05) is 12.1 Å². The van der Waals surface area contributed by atoms with Gasteiger partial charge < -0.3 is 11.1 Å². The van der Waals surface area contributed by atoms with E-state index in [-0.39, 0.29) is 12.1 Å². The summed E-state index contributed by atoms with van der Waals surface area (Å²) in [4.78, 5) is 0. The van der Waals surface area contributed by atoms with Crippen LogP contribution in [0, 0.1) is 0 Å². The maximum atomic E-state index is 12.0. The Morgan fingerprint density at radius 1 is 1.27 bits per heavy atom. The van der Waals surface area contributed by atoms with E-state index in [0.29, 0.717) is 6.54 Å². The molecule has 0 fully saturated rings. The minimum absolute atomic E-state index is 0.262. The summed E-state index contributed by atoms with van der Waals surface area (Å²) in [7, 11) is 0. The molecule has 0 aliphatic heterocycles. The van der Waals surface area contributed by atoms with Crippen molar-refractivity contribution in [2.24, 2.45) is 5.73 Å². The first-order chi connectivity index (χ1) is 7.04. The summed E-state index contributed by atoms with van der Waals surface area (Å²) in [6, 6.07) is 0. The zero-order valence-electron chi connectivity index (χ0n) is 9.86. The van der Waals surface area contributed by atoms with E-state index >= 15 is 0 Å². The van der Waals surface area contributed by atoms with E-state index < -0.39 is 6.43 Å². The van der Waals surface area contributed by atoms with Crippen LogP contribution in [0.3, 0.4) is 0 Å². The molecular weight excluding hydrogens is 198 g/mol. The number of halogens is 2. The highest BCUT2D eigenvalue weighted by molar-refractivity contribution is 4.84. The average Bonchev–Trinajstić information content (AvgIpc) is 2.22. The van der Waals surface area contributed by atoms with Gasteiger partial charge in [-0.15, -0.1) is 0 Å². The molecule has 0 aromatic rings. The van der Waals surface area contributed by atoms with E-state index in [9.17, 15) is 8.78 Å². The lowest BCUT2D eigenvalue weighted by atomic mass is 9.94. The molecule has 0 rings (SSSR count). The Labute approximate surface area is 91.6 Å². The number of nitrogens with one attached hydrogen (secondary N) is 1. The number of rotatable bonds is 9. The molecule has 0 aromatic heterocycles. The number of alkyl halides is 2. The molecule has 0 bridgehead atoms. The van der Waals surface area contributed by atoms with Crippen LogP contribution in [0.1, 0.15) is 46.0 Å².